The molecule has 2 rings (SSSR count). The van der Waals surface area contributed by atoms with Crippen LogP contribution in [0.2, 0.25) is 0 Å². The van der Waals surface area contributed by atoms with Crippen molar-refractivity contribution in [2.75, 3.05) is 13.7 Å². The predicted molar refractivity (Wildman–Crippen MR) is 72.6 cm³/mol. The Balaban J connectivity index is 2.35. The van der Waals surface area contributed by atoms with Gasteiger partial charge in [0.05, 0.1) is 12.7 Å². The molecule has 94 valence electrons. The minimum atomic E-state index is -0.542. The second kappa shape index (κ2) is 6.34. The maximum absolute atomic E-state index is 10.3. The van der Waals surface area contributed by atoms with E-state index < -0.39 is 6.10 Å². The highest BCUT2D eigenvalue weighted by Gasteiger charge is 2.22. The van der Waals surface area contributed by atoms with Crippen LogP contribution >= 0.6 is 0 Å². The van der Waals surface area contributed by atoms with Crippen LogP contribution in [0.5, 0.6) is 0 Å². The number of benzene rings is 2. The first-order valence-corrected chi connectivity index (χ1v) is 6.10. The molecule has 1 N–H and O–H groups in total. The molecule has 0 heterocycles. The van der Waals surface area contributed by atoms with Crippen LogP contribution in [0.3, 0.4) is 0 Å². The average Bonchev–Trinajstić information content (AvgIpc) is 2.42. The number of methoxy groups -OCH3 is 1. The standard InChI is InChI=1S/C16H18O2/c1-18-12-15(17)16(13-8-4-2-5-9-13)14-10-6-3-7-11-14/h2-11,15-17H,12H2,1H3. The second-order valence-corrected chi connectivity index (χ2v) is 4.32. The fourth-order valence-electron chi connectivity index (χ4n) is 2.22. The molecule has 2 nitrogen and oxygen atoms in total. The molecule has 0 spiro atoms. The highest BCUT2D eigenvalue weighted by Crippen LogP contribution is 2.28. The van der Waals surface area contributed by atoms with Gasteiger partial charge in [0.2, 0.25) is 0 Å². The van der Waals surface area contributed by atoms with Crippen LogP contribution in [-0.2, 0) is 4.74 Å². The number of ether oxygens (including phenoxy) is 1. The maximum Gasteiger partial charge on any atom is 0.0882 e. The topological polar surface area (TPSA) is 29.5 Å². The van der Waals surface area contributed by atoms with Crippen molar-refractivity contribution >= 4 is 0 Å². The molecule has 2 aromatic carbocycles. The monoisotopic (exact) mass is 242 g/mol. The summed E-state index contributed by atoms with van der Waals surface area (Å²) in [7, 11) is 1.61. The highest BCUT2D eigenvalue weighted by atomic mass is 16.5. The van der Waals surface area contributed by atoms with Gasteiger partial charge in [-0.25, -0.2) is 0 Å². The van der Waals surface area contributed by atoms with Gasteiger partial charge in [0.15, 0.2) is 0 Å². The van der Waals surface area contributed by atoms with Gasteiger partial charge in [-0.2, -0.15) is 0 Å². The molecule has 2 aromatic rings. The van der Waals surface area contributed by atoms with E-state index in [1.807, 2.05) is 60.7 Å². The van der Waals surface area contributed by atoms with Crippen molar-refractivity contribution < 1.29 is 9.84 Å². The molecule has 18 heavy (non-hydrogen) atoms. The third-order valence-electron chi connectivity index (χ3n) is 3.04. The number of hydrogen-bond donors (Lipinski definition) is 1. The van der Waals surface area contributed by atoms with Gasteiger partial charge in [0, 0.05) is 13.0 Å². The lowest BCUT2D eigenvalue weighted by atomic mass is 9.87. The zero-order chi connectivity index (χ0) is 12.8. The minimum absolute atomic E-state index is 0.0488. The number of aliphatic hydroxyl groups excluding tert-OH is 1. The van der Waals surface area contributed by atoms with Crippen LogP contribution in [-0.4, -0.2) is 24.9 Å². The lowest BCUT2D eigenvalue weighted by molar-refractivity contribution is 0.0544. The second-order valence-electron chi connectivity index (χ2n) is 4.32. The molecule has 0 bridgehead atoms. The SMILES string of the molecule is COCC(O)C(c1ccccc1)c1ccccc1. The molecule has 1 atom stereocenters. The fourth-order valence-corrected chi connectivity index (χ4v) is 2.22. The molecule has 0 fully saturated rings. The van der Waals surface area contributed by atoms with Crippen molar-refractivity contribution in [3.8, 4) is 0 Å². The Morgan fingerprint density at radius 3 is 1.72 bits per heavy atom. The molecule has 0 saturated carbocycles. The molecule has 0 aromatic heterocycles. The van der Waals surface area contributed by atoms with Crippen LogP contribution in [0.25, 0.3) is 0 Å². The summed E-state index contributed by atoms with van der Waals surface area (Å²) in [6, 6.07) is 20.1. The number of hydrogen-bond acceptors (Lipinski definition) is 2. The minimum Gasteiger partial charge on any atom is -0.390 e. The summed E-state index contributed by atoms with van der Waals surface area (Å²) in [5, 5.41) is 10.3. The lowest BCUT2D eigenvalue weighted by Crippen LogP contribution is -2.24. The van der Waals surface area contributed by atoms with Crippen LogP contribution in [0.15, 0.2) is 60.7 Å². The lowest BCUT2D eigenvalue weighted by Gasteiger charge is -2.23. The van der Waals surface area contributed by atoms with Gasteiger partial charge < -0.3 is 9.84 Å². The quantitative estimate of drug-likeness (QED) is 0.873. The zero-order valence-electron chi connectivity index (χ0n) is 10.5. The molecule has 0 amide bonds. The Morgan fingerprint density at radius 1 is 0.889 bits per heavy atom. The predicted octanol–water partition coefficient (Wildman–Crippen LogP) is 2.83. The molecule has 0 saturated heterocycles. The smallest absolute Gasteiger partial charge is 0.0882 e. The van der Waals surface area contributed by atoms with Gasteiger partial charge in [-0.1, -0.05) is 60.7 Å². The number of rotatable bonds is 5. The van der Waals surface area contributed by atoms with E-state index in [9.17, 15) is 5.11 Å². The summed E-state index contributed by atoms with van der Waals surface area (Å²) in [4.78, 5) is 0. The molecule has 0 aliphatic heterocycles. The van der Waals surface area contributed by atoms with E-state index >= 15 is 0 Å². The van der Waals surface area contributed by atoms with Crippen molar-refractivity contribution in [1.29, 1.82) is 0 Å². The van der Waals surface area contributed by atoms with Crippen molar-refractivity contribution in [3.63, 3.8) is 0 Å². The molecule has 0 radical (unpaired) electrons. The van der Waals surface area contributed by atoms with Gasteiger partial charge in [0.25, 0.3) is 0 Å². The highest BCUT2D eigenvalue weighted by molar-refractivity contribution is 5.33. The molecular formula is C16H18O2. The van der Waals surface area contributed by atoms with Crippen LogP contribution in [0.1, 0.15) is 17.0 Å². The third-order valence-corrected chi connectivity index (χ3v) is 3.04. The van der Waals surface area contributed by atoms with Gasteiger partial charge in [-0.05, 0) is 11.1 Å². The van der Waals surface area contributed by atoms with E-state index in [0.29, 0.717) is 6.61 Å². The fraction of sp³-hybridized carbons (Fsp3) is 0.250. The average molecular weight is 242 g/mol. The van der Waals surface area contributed by atoms with E-state index in [2.05, 4.69) is 0 Å². The summed E-state index contributed by atoms with van der Waals surface area (Å²) < 4.78 is 5.08. The van der Waals surface area contributed by atoms with E-state index in [1.165, 1.54) is 0 Å². The Bertz CT molecular complexity index is 414. The van der Waals surface area contributed by atoms with Crippen molar-refractivity contribution in [1.82, 2.24) is 0 Å². The van der Waals surface area contributed by atoms with E-state index in [0.717, 1.165) is 11.1 Å². The molecule has 0 aliphatic carbocycles. The Labute approximate surface area is 108 Å². The molecular weight excluding hydrogens is 224 g/mol. The molecule has 2 heteroatoms. The first kappa shape index (κ1) is 12.8. The van der Waals surface area contributed by atoms with Crippen molar-refractivity contribution in [2.45, 2.75) is 12.0 Å². The maximum atomic E-state index is 10.3. The summed E-state index contributed by atoms with van der Waals surface area (Å²) in [6.07, 6.45) is -0.542. The van der Waals surface area contributed by atoms with E-state index in [1.54, 1.807) is 7.11 Å². The van der Waals surface area contributed by atoms with Gasteiger partial charge in [-0.3, -0.25) is 0 Å². The van der Waals surface area contributed by atoms with E-state index in [4.69, 9.17) is 4.74 Å². The van der Waals surface area contributed by atoms with Crippen LogP contribution in [0.4, 0.5) is 0 Å². The number of aliphatic hydroxyl groups is 1. The summed E-state index contributed by atoms with van der Waals surface area (Å²) in [5.74, 6) is -0.0488. The van der Waals surface area contributed by atoms with Gasteiger partial charge in [0.1, 0.15) is 0 Å². The first-order valence-electron chi connectivity index (χ1n) is 6.10. The summed E-state index contributed by atoms with van der Waals surface area (Å²) >= 11 is 0. The van der Waals surface area contributed by atoms with Gasteiger partial charge >= 0.3 is 0 Å². The Hall–Kier alpha value is -1.64. The first-order chi connectivity index (χ1) is 8.83. The van der Waals surface area contributed by atoms with Crippen LogP contribution in [0, 0.1) is 0 Å². The Morgan fingerprint density at radius 2 is 1.33 bits per heavy atom. The third kappa shape index (κ3) is 2.97. The van der Waals surface area contributed by atoms with Crippen molar-refractivity contribution in [2.24, 2.45) is 0 Å². The van der Waals surface area contributed by atoms with Crippen molar-refractivity contribution in [3.05, 3.63) is 71.8 Å². The normalized spacial score (nSPS) is 12.6. The molecule has 1 unspecified atom stereocenters. The Kier molecular flexibility index (Phi) is 4.51. The summed E-state index contributed by atoms with van der Waals surface area (Å²) in [6.45, 7) is 0.328. The van der Waals surface area contributed by atoms with Gasteiger partial charge in [-0.15, -0.1) is 0 Å². The summed E-state index contributed by atoms with van der Waals surface area (Å²) in [5.41, 5.74) is 2.21. The largest absolute Gasteiger partial charge is 0.390 e. The zero-order valence-corrected chi connectivity index (χ0v) is 10.5. The van der Waals surface area contributed by atoms with E-state index in [-0.39, 0.29) is 5.92 Å². The molecule has 0 aliphatic rings. The van der Waals surface area contributed by atoms with Crippen LogP contribution < -0.4 is 0 Å².